The fourth-order valence-electron chi connectivity index (χ4n) is 3.07. The van der Waals surface area contributed by atoms with Crippen LogP contribution in [0.2, 0.25) is 0 Å². The highest BCUT2D eigenvalue weighted by Gasteiger charge is 2.38. The van der Waals surface area contributed by atoms with E-state index in [1.54, 1.807) is 12.1 Å². The van der Waals surface area contributed by atoms with Gasteiger partial charge in [0.1, 0.15) is 5.82 Å². The number of halogens is 1. The summed E-state index contributed by atoms with van der Waals surface area (Å²) in [6.07, 6.45) is 4.30. The van der Waals surface area contributed by atoms with Crippen LogP contribution in [0, 0.1) is 17.7 Å². The molecule has 2 heteroatoms. The van der Waals surface area contributed by atoms with Crippen LogP contribution in [0.3, 0.4) is 0 Å². The molecular formula is C15H22FN. The summed E-state index contributed by atoms with van der Waals surface area (Å²) in [5.41, 5.74) is 7.41. The molecule has 3 atom stereocenters. The first-order valence-electron chi connectivity index (χ1n) is 6.54. The molecule has 94 valence electrons. The second-order valence-electron chi connectivity index (χ2n) is 5.70. The van der Waals surface area contributed by atoms with Gasteiger partial charge in [-0.15, -0.1) is 0 Å². The predicted molar refractivity (Wildman–Crippen MR) is 69.2 cm³/mol. The van der Waals surface area contributed by atoms with E-state index in [-0.39, 0.29) is 11.4 Å². The van der Waals surface area contributed by atoms with Crippen LogP contribution >= 0.6 is 0 Å². The number of rotatable bonds is 2. The number of benzene rings is 1. The maximum absolute atomic E-state index is 13.2. The van der Waals surface area contributed by atoms with Gasteiger partial charge in [-0.1, -0.05) is 38.8 Å². The van der Waals surface area contributed by atoms with Crippen LogP contribution in [0.4, 0.5) is 4.39 Å². The lowest BCUT2D eigenvalue weighted by Gasteiger charge is -2.43. The zero-order valence-corrected chi connectivity index (χ0v) is 10.7. The van der Waals surface area contributed by atoms with Crippen LogP contribution in [0.5, 0.6) is 0 Å². The van der Waals surface area contributed by atoms with Crippen molar-refractivity contribution in [3.05, 3.63) is 35.6 Å². The van der Waals surface area contributed by atoms with Crippen molar-refractivity contribution in [2.45, 2.75) is 45.1 Å². The first kappa shape index (κ1) is 12.6. The lowest BCUT2D eigenvalue weighted by Crippen LogP contribution is -2.52. The summed E-state index contributed by atoms with van der Waals surface area (Å²) in [5.74, 6) is 1.00. The van der Waals surface area contributed by atoms with E-state index < -0.39 is 0 Å². The minimum absolute atomic E-state index is 0.161. The summed E-state index contributed by atoms with van der Waals surface area (Å²) in [6.45, 7) is 4.51. The molecule has 2 N–H and O–H groups in total. The average Bonchev–Trinajstić information content (AvgIpc) is 2.26. The third-order valence-corrected chi connectivity index (χ3v) is 4.48. The van der Waals surface area contributed by atoms with E-state index in [0.717, 1.165) is 18.4 Å². The third-order valence-electron chi connectivity index (χ3n) is 4.48. The summed E-state index contributed by atoms with van der Waals surface area (Å²) < 4.78 is 13.2. The molecule has 1 aliphatic rings. The van der Waals surface area contributed by atoms with E-state index in [2.05, 4.69) is 13.8 Å². The number of nitrogens with two attached hydrogens (primary N) is 1. The molecule has 0 bridgehead atoms. The normalized spacial score (nSPS) is 33.6. The minimum Gasteiger partial charge on any atom is -0.325 e. The monoisotopic (exact) mass is 235 g/mol. The molecule has 0 heterocycles. The van der Waals surface area contributed by atoms with Gasteiger partial charge >= 0.3 is 0 Å². The Bertz CT molecular complexity index is 390. The second-order valence-corrected chi connectivity index (χ2v) is 5.70. The summed E-state index contributed by atoms with van der Waals surface area (Å²) in [4.78, 5) is 0. The maximum Gasteiger partial charge on any atom is 0.123 e. The van der Waals surface area contributed by atoms with E-state index >= 15 is 0 Å². The highest BCUT2D eigenvalue weighted by molar-refractivity contribution is 5.20. The van der Waals surface area contributed by atoms with Gasteiger partial charge in [0, 0.05) is 5.54 Å². The molecule has 3 unspecified atom stereocenters. The molecule has 2 rings (SSSR count). The molecule has 0 aromatic heterocycles. The summed E-state index contributed by atoms with van der Waals surface area (Å²) in [5, 5.41) is 0. The topological polar surface area (TPSA) is 26.0 Å². The Morgan fingerprint density at radius 1 is 1.41 bits per heavy atom. The lowest BCUT2D eigenvalue weighted by molar-refractivity contribution is 0.143. The van der Waals surface area contributed by atoms with Crippen molar-refractivity contribution in [2.75, 3.05) is 0 Å². The van der Waals surface area contributed by atoms with Crippen LogP contribution in [0.1, 0.15) is 38.7 Å². The van der Waals surface area contributed by atoms with Crippen LogP contribution in [-0.2, 0) is 6.42 Å². The van der Waals surface area contributed by atoms with Gasteiger partial charge in [0.25, 0.3) is 0 Å². The molecule has 1 aliphatic carbocycles. The molecule has 1 aromatic carbocycles. The molecule has 1 aromatic rings. The molecule has 0 spiro atoms. The molecule has 0 saturated heterocycles. The zero-order chi connectivity index (χ0) is 12.5. The van der Waals surface area contributed by atoms with Gasteiger partial charge in [0.2, 0.25) is 0 Å². The largest absolute Gasteiger partial charge is 0.325 e. The highest BCUT2D eigenvalue weighted by atomic mass is 19.1. The maximum atomic E-state index is 13.2. The third kappa shape index (κ3) is 2.68. The van der Waals surface area contributed by atoms with Crippen LogP contribution in [-0.4, -0.2) is 5.54 Å². The second kappa shape index (κ2) is 4.77. The zero-order valence-electron chi connectivity index (χ0n) is 10.7. The van der Waals surface area contributed by atoms with E-state index in [1.807, 2.05) is 6.07 Å². The van der Waals surface area contributed by atoms with Gasteiger partial charge < -0.3 is 5.73 Å². The van der Waals surface area contributed by atoms with Gasteiger partial charge in [-0.05, 0) is 42.4 Å². The summed E-state index contributed by atoms with van der Waals surface area (Å²) >= 11 is 0. The molecule has 1 saturated carbocycles. The standard InChI is InChI=1S/C15H22FN/c1-11-5-4-8-15(17,12(11)2)10-13-6-3-7-14(16)9-13/h3,6-7,9,11-12H,4-5,8,10,17H2,1-2H3. The molecule has 1 fully saturated rings. The number of hydrogen-bond donors (Lipinski definition) is 1. The Hall–Kier alpha value is -0.890. The Morgan fingerprint density at radius 2 is 2.18 bits per heavy atom. The summed E-state index contributed by atoms with van der Waals surface area (Å²) in [7, 11) is 0. The van der Waals surface area contributed by atoms with Crippen molar-refractivity contribution in [3.8, 4) is 0 Å². The van der Waals surface area contributed by atoms with Crippen molar-refractivity contribution in [2.24, 2.45) is 17.6 Å². The van der Waals surface area contributed by atoms with Gasteiger partial charge in [0.15, 0.2) is 0 Å². The van der Waals surface area contributed by atoms with Crippen molar-refractivity contribution in [1.82, 2.24) is 0 Å². The van der Waals surface area contributed by atoms with E-state index in [9.17, 15) is 4.39 Å². The molecule has 0 aliphatic heterocycles. The lowest BCUT2D eigenvalue weighted by atomic mass is 9.66. The molecule has 17 heavy (non-hydrogen) atoms. The summed E-state index contributed by atoms with van der Waals surface area (Å²) in [6, 6.07) is 6.84. The van der Waals surface area contributed by atoms with Crippen LogP contribution in [0.15, 0.2) is 24.3 Å². The van der Waals surface area contributed by atoms with Crippen LogP contribution < -0.4 is 5.73 Å². The minimum atomic E-state index is -0.164. The van der Waals surface area contributed by atoms with Gasteiger partial charge in [-0.25, -0.2) is 4.39 Å². The van der Waals surface area contributed by atoms with Crippen molar-refractivity contribution in [3.63, 3.8) is 0 Å². The fourth-order valence-corrected chi connectivity index (χ4v) is 3.07. The number of hydrogen-bond acceptors (Lipinski definition) is 1. The van der Waals surface area contributed by atoms with E-state index in [1.165, 1.54) is 18.9 Å². The quantitative estimate of drug-likeness (QED) is 0.834. The first-order chi connectivity index (χ1) is 8.01. The van der Waals surface area contributed by atoms with Crippen molar-refractivity contribution < 1.29 is 4.39 Å². The predicted octanol–water partition coefficient (Wildman–Crippen LogP) is 3.52. The smallest absolute Gasteiger partial charge is 0.123 e. The van der Waals surface area contributed by atoms with E-state index in [4.69, 9.17) is 5.73 Å². The molecule has 0 radical (unpaired) electrons. The van der Waals surface area contributed by atoms with Gasteiger partial charge in [0.05, 0.1) is 0 Å². The molecular weight excluding hydrogens is 213 g/mol. The first-order valence-corrected chi connectivity index (χ1v) is 6.54. The van der Waals surface area contributed by atoms with Gasteiger partial charge in [-0.2, -0.15) is 0 Å². The molecule has 0 amide bonds. The Kier molecular flexibility index (Phi) is 3.53. The van der Waals surface area contributed by atoms with Crippen molar-refractivity contribution in [1.29, 1.82) is 0 Å². The van der Waals surface area contributed by atoms with E-state index in [0.29, 0.717) is 11.8 Å². The van der Waals surface area contributed by atoms with Crippen molar-refractivity contribution >= 4 is 0 Å². The van der Waals surface area contributed by atoms with Gasteiger partial charge in [-0.3, -0.25) is 0 Å². The SMILES string of the molecule is CC1CCCC(N)(Cc2cccc(F)c2)C1C. The Balaban J connectivity index is 2.16. The Morgan fingerprint density at radius 3 is 2.88 bits per heavy atom. The molecule has 1 nitrogen and oxygen atoms in total. The van der Waals surface area contributed by atoms with Crippen LogP contribution in [0.25, 0.3) is 0 Å². The average molecular weight is 235 g/mol. The fraction of sp³-hybridized carbons (Fsp3) is 0.600. The Labute approximate surface area is 103 Å². The highest BCUT2D eigenvalue weighted by Crippen LogP contribution is 2.37.